The van der Waals surface area contributed by atoms with Crippen LogP contribution in [0, 0.1) is 0 Å². The van der Waals surface area contributed by atoms with E-state index in [9.17, 15) is 18.0 Å². The molecule has 4 nitrogen and oxygen atoms in total. The van der Waals surface area contributed by atoms with Crippen molar-refractivity contribution in [3.05, 3.63) is 23.8 Å². The van der Waals surface area contributed by atoms with Crippen molar-refractivity contribution in [3.63, 3.8) is 0 Å². The van der Waals surface area contributed by atoms with Crippen LogP contribution in [0.4, 0.5) is 13.2 Å². The summed E-state index contributed by atoms with van der Waals surface area (Å²) in [6.45, 7) is 2.14. The molecule has 0 unspecified atom stereocenters. The van der Waals surface area contributed by atoms with Crippen molar-refractivity contribution in [1.82, 2.24) is 0 Å². The topological polar surface area (TPSA) is 55.8 Å². The van der Waals surface area contributed by atoms with Gasteiger partial charge in [-0.25, -0.2) is 4.79 Å². The molecule has 7 heteroatoms. The van der Waals surface area contributed by atoms with Gasteiger partial charge in [0.1, 0.15) is 17.1 Å². The highest BCUT2D eigenvalue weighted by Crippen LogP contribution is 2.29. The first kappa shape index (κ1) is 15.1. The number of hydrogen-bond donors (Lipinski definition) is 1. The molecule has 1 aromatic carbocycles. The van der Waals surface area contributed by atoms with E-state index in [0.717, 1.165) is 24.6 Å². The molecule has 0 bridgehead atoms. The van der Waals surface area contributed by atoms with Gasteiger partial charge in [0.05, 0.1) is 6.61 Å². The van der Waals surface area contributed by atoms with Crippen LogP contribution in [0.2, 0.25) is 0 Å². The number of rotatable bonds is 6. The molecular formula is C12H13F3O4. The van der Waals surface area contributed by atoms with Crippen molar-refractivity contribution in [1.29, 1.82) is 0 Å². The van der Waals surface area contributed by atoms with Crippen molar-refractivity contribution in [2.75, 3.05) is 6.61 Å². The molecule has 0 spiro atoms. The van der Waals surface area contributed by atoms with E-state index >= 15 is 0 Å². The van der Waals surface area contributed by atoms with Crippen molar-refractivity contribution < 1.29 is 32.5 Å². The summed E-state index contributed by atoms with van der Waals surface area (Å²) >= 11 is 0. The number of halogens is 3. The molecule has 0 atom stereocenters. The number of alkyl halides is 3. The molecule has 0 amide bonds. The highest BCUT2D eigenvalue weighted by molar-refractivity contribution is 5.91. The Morgan fingerprint density at radius 1 is 1.37 bits per heavy atom. The fourth-order valence-electron chi connectivity index (χ4n) is 1.32. The van der Waals surface area contributed by atoms with Gasteiger partial charge >= 0.3 is 12.3 Å². The minimum atomic E-state index is -4.83. The van der Waals surface area contributed by atoms with Gasteiger partial charge in [0.2, 0.25) is 0 Å². The predicted octanol–water partition coefficient (Wildman–Crippen LogP) is 3.46. The van der Waals surface area contributed by atoms with Crippen LogP contribution in [0.1, 0.15) is 30.1 Å². The zero-order valence-corrected chi connectivity index (χ0v) is 10.2. The van der Waals surface area contributed by atoms with Crippen LogP contribution >= 0.6 is 0 Å². The molecule has 0 aromatic heterocycles. The van der Waals surface area contributed by atoms with Gasteiger partial charge in [0.25, 0.3) is 0 Å². The van der Waals surface area contributed by atoms with E-state index < -0.39 is 18.1 Å². The molecule has 106 valence electrons. The monoisotopic (exact) mass is 278 g/mol. The molecule has 0 aliphatic heterocycles. The lowest BCUT2D eigenvalue weighted by atomic mass is 10.2. The minimum Gasteiger partial charge on any atom is -0.493 e. The van der Waals surface area contributed by atoms with Gasteiger partial charge in [-0.05, 0) is 18.6 Å². The van der Waals surface area contributed by atoms with Crippen LogP contribution in [-0.4, -0.2) is 24.0 Å². The van der Waals surface area contributed by atoms with Gasteiger partial charge in [-0.1, -0.05) is 13.3 Å². The van der Waals surface area contributed by atoms with E-state index in [4.69, 9.17) is 9.84 Å². The maximum atomic E-state index is 12.1. The fraction of sp³-hybridized carbons (Fsp3) is 0.417. The lowest BCUT2D eigenvalue weighted by molar-refractivity contribution is -0.274. The van der Waals surface area contributed by atoms with Gasteiger partial charge in [-0.2, -0.15) is 0 Å². The standard InChI is InChI=1S/C12H13F3O4/c1-2-3-6-18-10-7-8(19-12(13,14)15)4-5-9(10)11(16)17/h4-5,7H,2-3,6H2,1H3,(H,16,17). The van der Waals surface area contributed by atoms with E-state index in [1.165, 1.54) is 0 Å². The molecule has 0 radical (unpaired) electrons. The first-order chi connectivity index (χ1) is 8.83. The zero-order valence-electron chi connectivity index (χ0n) is 10.2. The SMILES string of the molecule is CCCCOc1cc(OC(F)(F)F)ccc1C(=O)O. The van der Waals surface area contributed by atoms with Crippen LogP contribution in [0.3, 0.4) is 0 Å². The molecule has 0 aliphatic carbocycles. The summed E-state index contributed by atoms with van der Waals surface area (Å²) in [6, 6.07) is 2.88. The Kier molecular flexibility index (Phi) is 5.02. The summed E-state index contributed by atoms with van der Waals surface area (Å²) in [5.74, 6) is -1.92. The Balaban J connectivity index is 2.94. The largest absolute Gasteiger partial charge is 0.573 e. The van der Waals surface area contributed by atoms with E-state index in [2.05, 4.69) is 4.74 Å². The fourth-order valence-corrected chi connectivity index (χ4v) is 1.32. The Bertz CT molecular complexity index is 443. The molecule has 0 aliphatic rings. The van der Waals surface area contributed by atoms with Gasteiger partial charge in [-0.3, -0.25) is 0 Å². The normalized spacial score (nSPS) is 11.2. The van der Waals surface area contributed by atoms with Crippen LogP contribution in [0.15, 0.2) is 18.2 Å². The van der Waals surface area contributed by atoms with Crippen molar-refractivity contribution in [3.8, 4) is 11.5 Å². The molecule has 0 saturated heterocycles. The minimum absolute atomic E-state index is 0.136. The van der Waals surface area contributed by atoms with E-state index in [1.807, 2.05) is 6.92 Å². The maximum Gasteiger partial charge on any atom is 0.573 e. The number of hydrogen-bond acceptors (Lipinski definition) is 3. The second-order valence-corrected chi connectivity index (χ2v) is 3.71. The molecule has 1 aromatic rings. The first-order valence-corrected chi connectivity index (χ1v) is 5.59. The third kappa shape index (κ3) is 5.07. The van der Waals surface area contributed by atoms with Gasteiger partial charge < -0.3 is 14.6 Å². The average molecular weight is 278 g/mol. The van der Waals surface area contributed by atoms with E-state index in [0.29, 0.717) is 6.42 Å². The Labute approximate surface area is 107 Å². The second-order valence-electron chi connectivity index (χ2n) is 3.71. The van der Waals surface area contributed by atoms with E-state index in [1.54, 1.807) is 0 Å². The lowest BCUT2D eigenvalue weighted by Gasteiger charge is -2.12. The lowest BCUT2D eigenvalue weighted by Crippen LogP contribution is -2.17. The number of carbonyl (C=O) groups is 1. The zero-order chi connectivity index (χ0) is 14.5. The Hall–Kier alpha value is -1.92. The summed E-state index contributed by atoms with van der Waals surface area (Å²) in [7, 11) is 0. The van der Waals surface area contributed by atoms with Crippen LogP contribution in [-0.2, 0) is 0 Å². The smallest absolute Gasteiger partial charge is 0.493 e. The van der Waals surface area contributed by atoms with Crippen molar-refractivity contribution in [2.24, 2.45) is 0 Å². The number of carboxylic acid groups (broad SMARTS) is 1. The number of ether oxygens (including phenoxy) is 2. The van der Waals surface area contributed by atoms with Crippen molar-refractivity contribution >= 4 is 5.97 Å². The van der Waals surface area contributed by atoms with Crippen LogP contribution in [0.25, 0.3) is 0 Å². The molecule has 1 N–H and O–H groups in total. The maximum absolute atomic E-state index is 12.1. The summed E-state index contributed by atoms with van der Waals surface area (Å²) < 4.78 is 45.1. The van der Waals surface area contributed by atoms with E-state index in [-0.39, 0.29) is 17.9 Å². The number of carboxylic acids is 1. The summed E-state index contributed by atoms with van der Waals surface area (Å²) in [6.07, 6.45) is -3.34. The number of aromatic carboxylic acids is 1. The molecule has 0 heterocycles. The van der Waals surface area contributed by atoms with Crippen LogP contribution in [0.5, 0.6) is 11.5 Å². The highest BCUT2D eigenvalue weighted by Gasteiger charge is 2.31. The third-order valence-electron chi connectivity index (χ3n) is 2.17. The quantitative estimate of drug-likeness (QED) is 0.809. The summed E-state index contributed by atoms with van der Waals surface area (Å²) in [5, 5.41) is 8.90. The summed E-state index contributed by atoms with van der Waals surface area (Å²) in [4.78, 5) is 10.9. The Morgan fingerprint density at radius 2 is 2.05 bits per heavy atom. The molecule has 1 rings (SSSR count). The third-order valence-corrected chi connectivity index (χ3v) is 2.17. The predicted molar refractivity (Wildman–Crippen MR) is 60.5 cm³/mol. The van der Waals surface area contributed by atoms with Gasteiger partial charge in [0, 0.05) is 6.07 Å². The molecule has 19 heavy (non-hydrogen) atoms. The first-order valence-electron chi connectivity index (χ1n) is 5.59. The van der Waals surface area contributed by atoms with Crippen LogP contribution < -0.4 is 9.47 Å². The number of unbranched alkanes of at least 4 members (excludes halogenated alkanes) is 1. The average Bonchev–Trinajstić information content (AvgIpc) is 2.27. The highest BCUT2D eigenvalue weighted by atomic mass is 19.4. The van der Waals surface area contributed by atoms with Gasteiger partial charge in [0.15, 0.2) is 0 Å². The van der Waals surface area contributed by atoms with Crippen molar-refractivity contribution in [2.45, 2.75) is 26.1 Å². The summed E-state index contributed by atoms with van der Waals surface area (Å²) in [5.41, 5.74) is -0.203. The second kappa shape index (κ2) is 6.31. The molecular weight excluding hydrogens is 265 g/mol. The Morgan fingerprint density at radius 3 is 2.58 bits per heavy atom. The molecule has 0 saturated carbocycles. The molecule has 0 fully saturated rings. The number of benzene rings is 1. The van der Waals surface area contributed by atoms with Gasteiger partial charge in [-0.15, -0.1) is 13.2 Å².